The monoisotopic (exact) mass is 1140 g/mol. The smallest absolute Gasteiger partial charge is 0.220 e. The summed E-state index contributed by atoms with van der Waals surface area (Å²) in [5.74, 6) is -0.173. The van der Waals surface area contributed by atoms with Crippen LogP contribution in [0.5, 0.6) is 0 Å². The van der Waals surface area contributed by atoms with Gasteiger partial charge in [-0.1, -0.05) is 332 Å². The zero-order valence-electron chi connectivity index (χ0n) is 53.3. The number of carbonyl (C=O) groups excluding carboxylic acids is 1. The molecule has 6 N–H and O–H groups in total. The summed E-state index contributed by atoms with van der Waals surface area (Å²) >= 11 is 0. The Morgan fingerprint density at radius 1 is 0.420 bits per heavy atom. The summed E-state index contributed by atoms with van der Waals surface area (Å²) in [5, 5.41) is 54.8. The molecule has 81 heavy (non-hydrogen) atoms. The highest BCUT2D eigenvalue weighted by atomic mass is 16.7. The molecule has 0 saturated carbocycles. The van der Waals surface area contributed by atoms with E-state index >= 15 is 0 Å². The molecule has 476 valence electrons. The molecule has 1 fully saturated rings. The fourth-order valence-electron chi connectivity index (χ4n) is 11.3. The van der Waals surface area contributed by atoms with Crippen molar-refractivity contribution in [2.45, 2.75) is 391 Å². The Morgan fingerprint density at radius 2 is 0.728 bits per heavy atom. The first-order valence-corrected chi connectivity index (χ1v) is 35.4. The average Bonchev–Trinajstić information content (AvgIpc) is 3.51. The van der Waals surface area contributed by atoms with E-state index in [1.807, 2.05) is 6.08 Å². The predicted octanol–water partition coefficient (Wildman–Crippen LogP) is 19.2. The standard InChI is InChI=1S/C72H135NO8/c1-3-5-7-9-11-13-15-17-19-21-23-25-27-29-31-33-35-37-39-41-43-45-47-49-51-53-55-57-59-61-66(75)65(64-80-72-71(79)70(78)69(77)67(63-74)81-72)73-68(76)62-60-58-56-54-52-50-48-46-44-42-40-38-36-34-32-30-28-26-24-22-20-18-16-14-12-10-8-6-4-2/h16,18,22,24,28,30,59,61,65-67,69-72,74-75,77-79H,3-15,17,19-21,23,25-27,29,31-58,60,62-64H2,1-2H3,(H,73,76)/b18-16-,24-22-,30-28-,61-59+. The van der Waals surface area contributed by atoms with Gasteiger partial charge in [0, 0.05) is 6.42 Å². The van der Waals surface area contributed by atoms with Crippen molar-refractivity contribution in [3.05, 3.63) is 48.6 Å². The van der Waals surface area contributed by atoms with Gasteiger partial charge in [-0.2, -0.15) is 0 Å². The first-order chi connectivity index (χ1) is 39.8. The van der Waals surface area contributed by atoms with Gasteiger partial charge in [-0.15, -0.1) is 0 Å². The van der Waals surface area contributed by atoms with Gasteiger partial charge in [-0.05, 0) is 57.8 Å². The van der Waals surface area contributed by atoms with Gasteiger partial charge in [0.1, 0.15) is 24.4 Å². The van der Waals surface area contributed by atoms with E-state index in [1.165, 1.54) is 276 Å². The Morgan fingerprint density at radius 3 is 1.07 bits per heavy atom. The minimum absolute atomic E-state index is 0.173. The number of ether oxygens (including phenoxy) is 2. The molecule has 0 aromatic carbocycles. The molecule has 9 nitrogen and oxygen atoms in total. The van der Waals surface area contributed by atoms with Crippen molar-refractivity contribution in [1.82, 2.24) is 5.32 Å². The molecule has 7 atom stereocenters. The van der Waals surface area contributed by atoms with Crippen LogP contribution in [0.1, 0.15) is 348 Å². The average molecular weight is 1140 g/mol. The van der Waals surface area contributed by atoms with Gasteiger partial charge in [0.05, 0.1) is 25.4 Å². The predicted molar refractivity (Wildman–Crippen MR) is 346 cm³/mol. The van der Waals surface area contributed by atoms with E-state index < -0.39 is 49.5 Å². The maximum absolute atomic E-state index is 13.1. The van der Waals surface area contributed by atoms with Crippen LogP contribution < -0.4 is 5.32 Å². The van der Waals surface area contributed by atoms with Gasteiger partial charge < -0.3 is 40.3 Å². The second kappa shape index (κ2) is 61.2. The van der Waals surface area contributed by atoms with Crippen LogP contribution in [0, 0.1) is 0 Å². The van der Waals surface area contributed by atoms with E-state index in [2.05, 4.69) is 55.6 Å². The van der Waals surface area contributed by atoms with Crippen molar-refractivity contribution in [3.8, 4) is 0 Å². The summed E-state index contributed by atoms with van der Waals surface area (Å²) in [4.78, 5) is 13.1. The lowest BCUT2D eigenvalue weighted by Gasteiger charge is -2.40. The minimum Gasteiger partial charge on any atom is -0.394 e. The number of amides is 1. The molecule has 0 spiro atoms. The number of allylic oxidation sites excluding steroid dienone is 7. The van der Waals surface area contributed by atoms with Crippen LogP contribution in [0.4, 0.5) is 0 Å². The lowest BCUT2D eigenvalue weighted by atomic mass is 9.99. The summed E-state index contributed by atoms with van der Waals surface area (Å²) in [6.07, 6.45) is 76.4. The topological polar surface area (TPSA) is 149 Å². The number of aliphatic hydroxyl groups excluding tert-OH is 5. The zero-order valence-corrected chi connectivity index (χ0v) is 53.3. The summed E-state index contributed by atoms with van der Waals surface area (Å²) in [6.45, 7) is 3.82. The normalized spacial score (nSPS) is 18.6. The molecule has 9 heteroatoms. The lowest BCUT2D eigenvalue weighted by Crippen LogP contribution is -2.60. The number of unbranched alkanes of at least 4 members (excludes halogenated alkanes) is 46. The molecule has 0 aromatic heterocycles. The van der Waals surface area contributed by atoms with Crippen molar-refractivity contribution >= 4 is 5.91 Å². The Labute approximate surface area is 501 Å². The molecule has 0 radical (unpaired) electrons. The van der Waals surface area contributed by atoms with Crippen LogP contribution in [0.15, 0.2) is 48.6 Å². The maximum Gasteiger partial charge on any atom is 0.220 e. The molecule has 1 rings (SSSR count). The minimum atomic E-state index is -1.57. The highest BCUT2D eigenvalue weighted by Gasteiger charge is 2.44. The van der Waals surface area contributed by atoms with Crippen molar-refractivity contribution in [2.75, 3.05) is 13.2 Å². The number of hydrogen-bond donors (Lipinski definition) is 6. The van der Waals surface area contributed by atoms with Crippen LogP contribution in [-0.4, -0.2) is 87.5 Å². The molecule has 7 unspecified atom stereocenters. The number of hydrogen-bond acceptors (Lipinski definition) is 8. The number of rotatable bonds is 62. The summed E-state index contributed by atoms with van der Waals surface area (Å²) < 4.78 is 11.3. The van der Waals surface area contributed by atoms with Gasteiger partial charge >= 0.3 is 0 Å². The van der Waals surface area contributed by atoms with E-state index in [-0.39, 0.29) is 12.5 Å². The summed E-state index contributed by atoms with van der Waals surface area (Å²) in [6, 6.07) is -0.808. The first-order valence-electron chi connectivity index (χ1n) is 35.4. The van der Waals surface area contributed by atoms with Gasteiger partial charge in [0.25, 0.3) is 0 Å². The highest BCUT2D eigenvalue weighted by Crippen LogP contribution is 2.23. The summed E-state index contributed by atoms with van der Waals surface area (Å²) in [5.41, 5.74) is 0. The number of carbonyl (C=O) groups is 1. The highest BCUT2D eigenvalue weighted by molar-refractivity contribution is 5.76. The third kappa shape index (κ3) is 50.1. The van der Waals surface area contributed by atoms with Gasteiger partial charge in [0.15, 0.2) is 6.29 Å². The van der Waals surface area contributed by atoms with Crippen LogP contribution >= 0.6 is 0 Å². The molecule has 1 aliphatic rings. The number of nitrogens with one attached hydrogen (secondary N) is 1. The third-order valence-corrected chi connectivity index (χ3v) is 16.9. The molecule has 0 aromatic rings. The van der Waals surface area contributed by atoms with E-state index in [9.17, 15) is 30.3 Å². The molecule has 1 heterocycles. The Balaban J connectivity index is 2.13. The van der Waals surface area contributed by atoms with Crippen molar-refractivity contribution < 1.29 is 39.8 Å². The van der Waals surface area contributed by atoms with Crippen LogP contribution in [-0.2, 0) is 14.3 Å². The van der Waals surface area contributed by atoms with Crippen LogP contribution in [0.2, 0.25) is 0 Å². The van der Waals surface area contributed by atoms with E-state index in [1.54, 1.807) is 6.08 Å². The fourth-order valence-corrected chi connectivity index (χ4v) is 11.3. The molecule has 1 saturated heterocycles. The molecular formula is C72H135NO8. The Bertz CT molecular complexity index is 1420. The van der Waals surface area contributed by atoms with E-state index in [0.29, 0.717) is 6.42 Å². The van der Waals surface area contributed by atoms with E-state index in [0.717, 1.165) is 51.4 Å². The fraction of sp³-hybridized carbons (Fsp3) is 0.875. The first kappa shape index (κ1) is 77.2. The SMILES string of the molecule is CCCCCCC/C=C\C/C=C\C/C=C\CCCCCCCCCCCCCCCCC(=O)NC(COC1OC(CO)C(O)C(O)C1O)C(O)/C=C/CCCCCCCCCCCCCCCCCCCCCCCCCCCCC. The maximum atomic E-state index is 13.1. The molecule has 0 aliphatic carbocycles. The van der Waals surface area contributed by atoms with Crippen LogP contribution in [0.25, 0.3) is 0 Å². The number of aliphatic hydroxyl groups is 5. The molecular weight excluding hydrogens is 1010 g/mol. The summed E-state index contributed by atoms with van der Waals surface area (Å²) in [7, 11) is 0. The Hall–Kier alpha value is -1.85. The zero-order chi connectivity index (χ0) is 58.6. The van der Waals surface area contributed by atoms with Gasteiger partial charge in [0.2, 0.25) is 5.91 Å². The molecule has 1 aliphatic heterocycles. The second-order valence-electron chi connectivity index (χ2n) is 24.7. The second-order valence-corrected chi connectivity index (χ2v) is 24.7. The van der Waals surface area contributed by atoms with Gasteiger partial charge in [-0.25, -0.2) is 0 Å². The van der Waals surface area contributed by atoms with Crippen LogP contribution in [0.3, 0.4) is 0 Å². The largest absolute Gasteiger partial charge is 0.394 e. The van der Waals surface area contributed by atoms with Crippen molar-refractivity contribution in [2.24, 2.45) is 0 Å². The molecule has 0 bridgehead atoms. The lowest BCUT2D eigenvalue weighted by molar-refractivity contribution is -0.302. The quantitative estimate of drug-likeness (QED) is 0.0261. The third-order valence-electron chi connectivity index (χ3n) is 16.9. The molecule has 1 amide bonds. The van der Waals surface area contributed by atoms with Crippen molar-refractivity contribution in [3.63, 3.8) is 0 Å². The Kier molecular flexibility index (Phi) is 58.3. The van der Waals surface area contributed by atoms with Crippen molar-refractivity contribution in [1.29, 1.82) is 0 Å². The van der Waals surface area contributed by atoms with Gasteiger partial charge in [-0.3, -0.25) is 4.79 Å². The van der Waals surface area contributed by atoms with E-state index in [4.69, 9.17) is 9.47 Å².